The van der Waals surface area contributed by atoms with Crippen LogP contribution in [-0.2, 0) is 0 Å². The average Bonchev–Trinajstić information content (AvgIpc) is 3.85. The Kier molecular flexibility index (Phi) is 5.96. The van der Waals surface area contributed by atoms with Crippen LogP contribution < -0.4 is 0 Å². The molecule has 0 aliphatic rings. The van der Waals surface area contributed by atoms with Crippen LogP contribution in [0, 0.1) is 0 Å². The second-order valence-electron chi connectivity index (χ2n) is 13.3. The third kappa shape index (κ3) is 4.19. The van der Waals surface area contributed by atoms with Crippen LogP contribution in [0.1, 0.15) is 0 Å². The quantitative estimate of drug-likeness (QED) is 0.186. The summed E-state index contributed by atoms with van der Waals surface area (Å²) >= 11 is 0. The molecule has 3 aromatic heterocycles. The fraction of sp³-hybridized carbons (Fsp3) is 0. The van der Waals surface area contributed by atoms with Crippen LogP contribution in [0.3, 0.4) is 0 Å². The van der Waals surface area contributed by atoms with Gasteiger partial charge in [0.15, 0.2) is 5.58 Å². The first-order valence-electron chi connectivity index (χ1n) is 17.4. The van der Waals surface area contributed by atoms with Gasteiger partial charge in [-0.15, -0.1) is 0 Å². The van der Waals surface area contributed by atoms with Crippen molar-refractivity contribution in [3.8, 4) is 33.6 Å². The summed E-state index contributed by atoms with van der Waals surface area (Å²) in [6.45, 7) is 0. The number of hydrogen-bond donors (Lipinski definition) is 0. The maximum absolute atomic E-state index is 6.55. The van der Waals surface area contributed by atoms with Crippen LogP contribution in [0.15, 0.2) is 186 Å². The Hall–Kier alpha value is -6.84. The van der Waals surface area contributed by atoms with E-state index in [9.17, 15) is 0 Å². The van der Waals surface area contributed by atoms with Gasteiger partial charge in [0.05, 0.1) is 27.8 Å². The summed E-state index contributed by atoms with van der Waals surface area (Å²) in [7, 11) is 0. The minimum Gasteiger partial charge on any atom is -0.454 e. The van der Waals surface area contributed by atoms with E-state index in [1.54, 1.807) is 0 Å². The van der Waals surface area contributed by atoms with Crippen molar-refractivity contribution in [3.05, 3.63) is 182 Å². The molecule has 0 spiro atoms. The van der Waals surface area contributed by atoms with Crippen molar-refractivity contribution >= 4 is 65.6 Å². The van der Waals surface area contributed by atoms with Crippen molar-refractivity contribution in [1.29, 1.82) is 0 Å². The van der Waals surface area contributed by atoms with Crippen LogP contribution in [0.4, 0.5) is 0 Å². The molecule has 3 heterocycles. The second kappa shape index (κ2) is 10.8. The summed E-state index contributed by atoms with van der Waals surface area (Å²) in [6, 6.07) is 65.5. The molecule has 3 nitrogen and oxygen atoms in total. The van der Waals surface area contributed by atoms with Gasteiger partial charge in [-0.1, -0.05) is 133 Å². The van der Waals surface area contributed by atoms with E-state index >= 15 is 0 Å². The first kappa shape index (κ1) is 28.0. The Morgan fingerprint density at radius 2 is 0.882 bits per heavy atom. The van der Waals surface area contributed by atoms with E-state index in [1.807, 2.05) is 6.07 Å². The van der Waals surface area contributed by atoms with Gasteiger partial charge in [-0.2, -0.15) is 0 Å². The zero-order chi connectivity index (χ0) is 33.5. The Morgan fingerprint density at radius 3 is 1.59 bits per heavy atom. The highest BCUT2D eigenvalue weighted by Crippen LogP contribution is 2.41. The fourth-order valence-electron chi connectivity index (χ4n) is 8.18. The molecule has 3 heteroatoms. The van der Waals surface area contributed by atoms with E-state index in [4.69, 9.17) is 4.42 Å². The summed E-state index contributed by atoms with van der Waals surface area (Å²) in [4.78, 5) is 0. The first-order chi connectivity index (χ1) is 25.3. The monoisotopic (exact) mass is 650 g/mol. The molecule has 0 aliphatic carbocycles. The maximum atomic E-state index is 6.55. The molecule has 238 valence electrons. The molecule has 8 aromatic carbocycles. The summed E-state index contributed by atoms with van der Waals surface area (Å²) in [5.41, 5.74) is 13.5. The van der Waals surface area contributed by atoms with Crippen LogP contribution in [-0.4, -0.2) is 9.13 Å². The molecular weight excluding hydrogens is 621 g/mol. The summed E-state index contributed by atoms with van der Waals surface area (Å²) < 4.78 is 11.4. The first-order valence-corrected chi connectivity index (χ1v) is 17.4. The van der Waals surface area contributed by atoms with Crippen molar-refractivity contribution in [3.63, 3.8) is 0 Å². The lowest BCUT2D eigenvalue weighted by Gasteiger charge is -2.12. The van der Waals surface area contributed by atoms with E-state index < -0.39 is 0 Å². The van der Waals surface area contributed by atoms with Gasteiger partial charge in [0, 0.05) is 38.0 Å². The van der Waals surface area contributed by atoms with Crippen molar-refractivity contribution in [2.75, 3.05) is 0 Å². The fourth-order valence-corrected chi connectivity index (χ4v) is 8.18. The van der Waals surface area contributed by atoms with Gasteiger partial charge in [-0.3, -0.25) is 0 Å². The van der Waals surface area contributed by atoms with Crippen LogP contribution in [0.2, 0.25) is 0 Å². The maximum Gasteiger partial charge on any atom is 0.159 e. The lowest BCUT2D eigenvalue weighted by atomic mass is 10.0. The standard InChI is InChI=1S/C48H30N2O/c1-3-12-31(13-4-1)33-22-25-37-38-26-23-34(32-14-5-2-6-15-32)29-46(38)49(45(37)28-33)35-24-27-43-41(30-35)36-16-7-9-19-42(36)50(43)44-20-11-18-40-39-17-8-10-21-47(39)51-48(40)44/h1-30H. The number of rotatable bonds is 4. The van der Waals surface area contributed by atoms with E-state index in [2.05, 4.69) is 185 Å². The third-order valence-electron chi connectivity index (χ3n) is 10.5. The lowest BCUT2D eigenvalue weighted by Crippen LogP contribution is -1.96. The van der Waals surface area contributed by atoms with Gasteiger partial charge in [-0.05, 0) is 70.8 Å². The highest BCUT2D eigenvalue weighted by atomic mass is 16.3. The SMILES string of the molecule is c1ccc(-c2ccc3c4ccc(-c5ccccc5)cc4n(-c4ccc5c(c4)c4ccccc4n5-c4cccc5c4oc4ccccc45)c3c2)cc1. The normalized spacial score (nSPS) is 11.9. The molecule has 0 saturated carbocycles. The molecule has 0 unspecified atom stereocenters. The zero-order valence-electron chi connectivity index (χ0n) is 27.6. The Balaban J connectivity index is 1.20. The lowest BCUT2D eigenvalue weighted by molar-refractivity contribution is 0.666. The number of aromatic nitrogens is 2. The van der Waals surface area contributed by atoms with E-state index in [-0.39, 0.29) is 0 Å². The molecule has 51 heavy (non-hydrogen) atoms. The minimum absolute atomic E-state index is 0.898. The molecule has 0 saturated heterocycles. The number of para-hydroxylation sites is 3. The minimum atomic E-state index is 0.898. The predicted molar refractivity (Wildman–Crippen MR) is 213 cm³/mol. The molecule has 11 rings (SSSR count). The smallest absolute Gasteiger partial charge is 0.159 e. The molecule has 11 aromatic rings. The molecular formula is C48H30N2O. The van der Waals surface area contributed by atoms with Gasteiger partial charge in [-0.25, -0.2) is 0 Å². The second-order valence-corrected chi connectivity index (χ2v) is 13.3. The number of fused-ring (bicyclic) bond motifs is 9. The van der Waals surface area contributed by atoms with E-state index in [0.717, 1.165) is 44.3 Å². The van der Waals surface area contributed by atoms with Crippen LogP contribution in [0.5, 0.6) is 0 Å². The van der Waals surface area contributed by atoms with Crippen molar-refractivity contribution in [2.45, 2.75) is 0 Å². The highest BCUT2D eigenvalue weighted by Gasteiger charge is 2.20. The van der Waals surface area contributed by atoms with Gasteiger partial charge in [0.2, 0.25) is 0 Å². The van der Waals surface area contributed by atoms with Gasteiger partial charge < -0.3 is 13.6 Å². The largest absolute Gasteiger partial charge is 0.454 e. The van der Waals surface area contributed by atoms with Gasteiger partial charge in [0.1, 0.15) is 5.58 Å². The van der Waals surface area contributed by atoms with E-state index in [0.29, 0.717) is 0 Å². The van der Waals surface area contributed by atoms with Crippen LogP contribution in [0.25, 0.3) is 99.2 Å². The number of furan rings is 1. The van der Waals surface area contributed by atoms with Crippen molar-refractivity contribution < 1.29 is 4.42 Å². The Labute approximate surface area is 293 Å². The summed E-state index contributed by atoms with van der Waals surface area (Å²) in [6.07, 6.45) is 0. The predicted octanol–water partition coefficient (Wildman–Crippen LogP) is 13.1. The average molecular weight is 651 g/mol. The Bertz CT molecular complexity index is 3030. The number of hydrogen-bond acceptors (Lipinski definition) is 1. The van der Waals surface area contributed by atoms with Gasteiger partial charge >= 0.3 is 0 Å². The molecule has 0 aliphatic heterocycles. The van der Waals surface area contributed by atoms with Crippen molar-refractivity contribution in [1.82, 2.24) is 9.13 Å². The summed E-state index contributed by atoms with van der Waals surface area (Å²) in [5.74, 6) is 0. The van der Waals surface area contributed by atoms with Gasteiger partial charge in [0.25, 0.3) is 0 Å². The topological polar surface area (TPSA) is 23.0 Å². The zero-order valence-corrected chi connectivity index (χ0v) is 27.6. The number of benzene rings is 8. The molecule has 0 fully saturated rings. The van der Waals surface area contributed by atoms with E-state index in [1.165, 1.54) is 54.8 Å². The molecule has 0 radical (unpaired) electrons. The molecule has 0 bridgehead atoms. The summed E-state index contributed by atoms with van der Waals surface area (Å²) in [5, 5.41) is 7.14. The molecule has 0 amide bonds. The molecule has 0 N–H and O–H groups in total. The number of nitrogens with zero attached hydrogens (tertiary/aromatic N) is 2. The third-order valence-corrected chi connectivity index (χ3v) is 10.5. The molecule has 0 atom stereocenters. The Morgan fingerprint density at radius 1 is 0.314 bits per heavy atom. The highest BCUT2D eigenvalue weighted by molar-refractivity contribution is 6.15. The van der Waals surface area contributed by atoms with Crippen LogP contribution >= 0.6 is 0 Å². The van der Waals surface area contributed by atoms with Crippen molar-refractivity contribution in [2.24, 2.45) is 0 Å².